The molecule has 7 heteroatoms. The number of sulfone groups is 1. The van der Waals surface area contributed by atoms with E-state index >= 15 is 0 Å². The molecule has 2 aromatic carbocycles. The fourth-order valence-electron chi connectivity index (χ4n) is 3.35. The smallest absolute Gasteiger partial charge is 0.251 e. The predicted octanol–water partition coefficient (Wildman–Crippen LogP) is 4.07. The SMILES string of the molecule is CC(C)S(=O)(=O)c1ccc(C(=O)NC2(c3cccc(Br)c3)CCOCC2)cc1. The zero-order chi connectivity index (χ0) is 20.4. The molecule has 0 aliphatic carbocycles. The molecule has 150 valence electrons. The summed E-state index contributed by atoms with van der Waals surface area (Å²) in [6.45, 7) is 4.42. The molecule has 28 heavy (non-hydrogen) atoms. The third-order valence-corrected chi connectivity index (χ3v) is 7.81. The Kier molecular flexibility index (Phi) is 6.27. The summed E-state index contributed by atoms with van der Waals surface area (Å²) in [5.41, 5.74) is 0.947. The Balaban J connectivity index is 1.87. The van der Waals surface area contributed by atoms with Crippen LogP contribution in [0.1, 0.15) is 42.6 Å². The van der Waals surface area contributed by atoms with Crippen LogP contribution in [-0.4, -0.2) is 32.8 Å². The minimum Gasteiger partial charge on any atom is -0.381 e. The quantitative estimate of drug-likeness (QED) is 0.721. The number of benzene rings is 2. The third-order valence-electron chi connectivity index (χ3n) is 5.14. The second kappa shape index (κ2) is 8.35. The van der Waals surface area contributed by atoms with Gasteiger partial charge in [-0.15, -0.1) is 0 Å². The summed E-state index contributed by atoms with van der Waals surface area (Å²) in [6.07, 6.45) is 1.35. The van der Waals surface area contributed by atoms with Gasteiger partial charge in [0.2, 0.25) is 0 Å². The van der Waals surface area contributed by atoms with E-state index in [9.17, 15) is 13.2 Å². The number of carbonyl (C=O) groups excluding carboxylic acids is 1. The highest BCUT2D eigenvalue weighted by Crippen LogP contribution is 2.34. The highest BCUT2D eigenvalue weighted by Gasteiger charge is 2.36. The molecule has 1 aliphatic rings. The molecule has 1 aliphatic heterocycles. The summed E-state index contributed by atoms with van der Waals surface area (Å²) < 4.78 is 31.0. The first-order chi connectivity index (χ1) is 13.2. The average Bonchev–Trinajstić information content (AvgIpc) is 2.68. The zero-order valence-corrected chi connectivity index (χ0v) is 18.3. The van der Waals surface area contributed by atoms with Crippen LogP contribution >= 0.6 is 15.9 Å². The topological polar surface area (TPSA) is 72.5 Å². The van der Waals surface area contributed by atoms with Gasteiger partial charge >= 0.3 is 0 Å². The van der Waals surface area contributed by atoms with Crippen LogP contribution in [-0.2, 0) is 20.1 Å². The van der Waals surface area contributed by atoms with E-state index in [1.54, 1.807) is 26.0 Å². The average molecular weight is 466 g/mol. The lowest BCUT2D eigenvalue weighted by Gasteiger charge is -2.38. The van der Waals surface area contributed by atoms with E-state index < -0.39 is 20.6 Å². The number of nitrogens with one attached hydrogen (secondary N) is 1. The fraction of sp³-hybridized carbons (Fsp3) is 0.381. The lowest BCUT2D eigenvalue weighted by atomic mass is 9.82. The van der Waals surface area contributed by atoms with Crippen LogP contribution in [0.4, 0.5) is 0 Å². The zero-order valence-electron chi connectivity index (χ0n) is 15.9. The van der Waals surface area contributed by atoms with Gasteiger partial charge in [-0.1, -0.05) is 28.1 Å². The van der Waals surface area contributed by atoms with Crippen molar-refractivity contribution < 1.29 is 17.9 Å². The van der Waals surface area contributed by atoms with Gasteiger partial charge in [0.1, 0.15) is 0 Å². The van der Waals surface area contributed by atoms with Crippen molar-refractivity contribution in [3.8, 4) is 0 Å². The van der Waals surface area contributed by atoms with Crippen LogP contribution in [0.2, 0.25) is 0 Å². The molecule has 1 amide bonds. The normalized spacial score (nSPS) is 16.7. The first-order valence-corrected chi connectivity index (χ1v) is 11.6. The highest BCUT2D eigenvalue weighted by atomic mass is 79.9. The molecule has 1 fully saturated rings. The molecule has 0 atom stereocenters. The number of amides is 1. The Morgan fingerprint density at radius 2 is 1.75 bits per heavy atom. The van der Waals surface area contributed by atoms with Crippen LogP contribution < -0.4 is 5.32 Å². The van der Waals surface area contributed by atoms with Crippen molar-refractivity contribution >= 4 is 31.7 Å². The summed E-state index contributed by atoms with van der Waals surface area (Å²) in [5.74, 6) is -0.227. The second-order valence-electron chi connectivity index (χ2n) is 7.28. The van der Waals surface area contributed by atoms with Gasteiger partial charge < -0.3 is 10.1 Å². The van der Waals surface area contributed by atoms with Gasteiger partial charge in [-0.25, -0.2) is 8.42 Å². The number of hydrogen-bond acceptors (Lipinski definition) is 4. The molecular formula is C21H24BrNO4S. The largest absolute Gasteiger partial charge is 0.381 e. The van der Waals surface area contributed by atoms with E-state index in [-0.39, 0.29) is 10.8 Å². The molecule has 0 spiro atoms. The fourth-order valence-corrected chi connectivity index (χ4v) is 4.81. The van der Waals surface area contributed by atoms with E-state index in [4.69, 9.17) is 4.74 Å². The Hall–Kier alpha value is -1.70. The van der Waals surface area contributed by atoms with Crippen LogP contribution in [0, 0.1) is 0 Å². The van der Waals surface area contributed by atoms with Gasteiger partial charge in [-0.3, -0.25) is 4.79 Å². The first-order valence-electron chi connectivity index (χ1n) is 9.25. The lowest BCUT2D eigenvalue weighted by molar-refractivity contribution is 0.0345. The molecule has 0 unspecified atom stereocenters. The number of carbonyl (C=O) groups is 1. The Morgan fingerprint density at radius 3 is 2.32 bits per heavy atom. The second-order valence-corrected chi connectivity index (χ2v) is 10.7. The van der Waals surface area contributed by atoms with E-state index in [1.165, 1.54) is 12.1 Å². The van der Waals surface area contributed by atoms with E-state index in [0.717, 1.165) is 10.0 Å². The lowest BCUT2D eigenvalue weighted by Crippen LogP contribution is -2.49. The van der Waals surface area contributed by atoms with Crippen LogP contribution in [0.5, 0.6) is 0 Å². The van der Waals surface area contributed by atoms with Crippen molar-refractivity contribution in [1.82, 2.24) is 5.32 Å². The summed E-state index contributed by atoms with van der Waals surface area (Å²) in [6, 6.07) is 14.1. The molecule has 0 aromatic heterocycles. The van der Waals surface area contributed by atoms with Gasteiger partial charge in [0, 0.05) is 23.2 Å². The summed E-state index contributed by atoms with van der Waals surface area (Å²) in [4.78, 5) is 13.2. The van der Waals surface area contributed by atoms with Gasteiger partial charge in [0.25, 0.3) is 5.91 Å². The summed E-state index contributed by atoms with van der Waals surface area (Å²) in [5, 5.41) is 2.68. The van der Waals surface area contributed by atoms with Gasteiger partial charge in [-0.05, 0) is 68.7 Å². The maximum absolute atomic E-state index is 13.0. The number of halogens is 1. The van der Waals surface area contributed by atoms with Crippen molar-refractivity contribution in [2.24, 2.45) is 0 Å². The molecule has 3 rings (SSSR count). The van der Waals surface area contributed by atoms with E-state index in [1.807, 2.05) is 24.3 Å². The van der Waals surface area contributed by atoms with Crippen LogP contribution in [0.15, 0.2) is 57.9 Å². The van der Waals surface area contributed by atoms with Gasteiger partial charge in [0.15, 0.2) is 9.84 Å². The Morgan fingerprint density at radius 1 is 1.11 bits per heavy atom. The van der Waals surface area contributed by atoms with Gasteiger partial charge in [-0.2, -0.15) is 0 Å². The van der Waals surface area contributed by atoms with Crippen molar-refractivity contribution in [1.29, 1.82) is 0 Å². The number of ether oxygens (including phenoxy) is 1. The maximum atomic E-state index is 13.0. The number of rotatable bonds is 5. The minimum atomic E-state index is -3.36. The summed E-state index contributed by atoms with van der Waals surface area (Å²) in [7, 11) is -3.36. The van der Waals surface area contributed by atoms with Crippen LogP contribution in [0.25, 0.3) is 0 Å². The predicted molar refractivity (Wildman–Crippen MR) is 112 cm³/mol. The molecule has 2 aromatic rings. The minimum absolute atomic E-state index is 0.227. The molecule has 0 saturated carbocycles. The van der Waals surface area contributed by atoms with Crippen LogP contribution in [0.3, 0.4) is 0 Å². The molecule has 5 nitrogen and oxygen atoms in total. The standard InChI is InChI=1S/C21H24BrNO4S/c1-15(2)28(25,26)19-8-6-16(7-9-19)20(24)23-21(10-12-27-13-11-21)17-4-3-5-18(22)14-17/h3-9,14-15H,10-13H2,1-2H3,(H,23,24). The van der Waals surface area contributed by atoms with Crippen molar-refractivity contribution in [2.45, 2.75) is 42.4 Å². The molecular weight excluding hydrogens is 442 g/mol. The molecule has 1 heterocycles. The molecule has 1 N–H and O–H groups in total. The van der Waals surface area contributed by atoms with E-state index in [2.05, 4.69) is 21.2 Å². The first kappa shape index (κ1) is 21.0. The molecule has 0 bridgehead atoms. The van der Waals surface area contributed by atoms with Crippen molar-refractivity contribution in [3.05, 3.63) is 64.1 Å². The van der Waals surface area contributed by atoms with Gasteiger partial charge in [0.05, 0.1) is 15.7 Å². The van der Waals surface area contributed by atoms with Crippen molar-refractivity contribution in [3.63, 3.8) is 0 Å². The Labute approximate surface area is 174 Å². The monoisotopic (exact) mass is 465 g/mol. The molecule has 0 radical (unpaired) electrons. The van der Waals surface area contributed by atoms with E-state index in [0.29, 0.717) is 31.6 Å². The highest BCUT2D eigenvalue weighted by molar-refractivity contribution is 9.10. The van der Waals surface area contributed by atoms with Crippen molar-refractivity contribution in [2.75, 3.05) is 13.2 Å². The number of hydrogen-bond donors (Lipinski definition) is 1. The molecule has 1 saturated heterocycles. The Bertz CT molecular complexity index is 949. The maximum Gasteiger partial charge on any atom is 0.251 e. The summed E-state index contributed by atoms with van der Waals surface area (Å²) >= 11 is 3.50. The third kappa shape index (κ3) is 4.31.